The van der Waals surface area contributed by atoms with Gasteiger partial charge in [-0.05, 0) is 0 Å². The van der Waals surface area contributed by atoms with E-state index in [0.717, 1.165) is 0 Å². The highest BCUT2D eigenvalue weighted by molar-refractivity contribution is 6.50. The van der Waals surface area contributed by atoms with E-state index in [4.69, 9.17) is 46.4 Å². The van der Waals surface area contributed by atoms with Crippen molar-refractivity contribution in [2.24, 2.45) is 23.7 Å². The van der Waals surface area contributed by atoms with E-state index >= 15 is 0 Å². The number of alkyl halides is 8. The molecule has 3 nitrogen and oxygen atoms in total. The van der Waals surface area contributed by atoms with Crippen LogP contribution in [0, 0.1) is 23.7 Å². The minimum Gasteiger partial charge on any atom is -0.400 e. The number of hydrogen-bond acceptors (Lipinski definition) is 3. The van der Waals surface area contributed by atoms with Crippen LogP contribution in [-0.4, -0.2) is 34.0 Å². The second kappa shape index (κ2) is 4.48. The first-order valence-corrected chi connectivity index (χ1v) is 8.15. The molecule has 0 aromatic heterocycles. The van der Waals surface area contributed by atoms with Crippen molar-refractivity contribution in [3.05, 3.63) is 10.1 Å². The number of hydrogen-bond donors (Lipinski definition) is 0. The van der Waals surface area contributed by atoms with Gasteiger partial charge in [-0.25, -0.2) is 0 Å². The monoisotopic (exact) mass is 450 g/mol. The fraction of sp³-hybridized carbons (Fsp3) is 0.750. The molecule has 6 unspecified atom stereocenters. The van der Waals surface area contributed by atoms with Crippen LogP contribution < -0.4 is 0 Å². The molecule has 2 bridgehead atoms. The second-order valence-electron chi connectivity index (χ2n) is 6.28. The Labute approximate surface area is 155 Å². The molecule has 13 heteroatoms. The minimum atomic E-state index is -4.67. The van der Waals surface area contributed by atoms with Crippen LogP contribution in [0.3, 0.4) is 0 Å². The van der Waals surface area contributed by atoms with Gasteiger partial charge in [0, 0.05) is 0 Å². The van der Waals surface area contributed by atoms with Crippen LogP contribution in [0.1, 0.15) is 0 Å². The molecule has 0 radical (unpaired) electrons. The third-order valence-electron chi connectivity index (χ3n) is 5.19. The SMILES string of the molecule is O=C1OC(F)(F)C2C1C1(Cl)C(Cl)=C(Cl)C2(Cl)C2C1C(F)(F)OC2(F)F. The molecule has 0 aromatic carbocycles. The first kappa shape index (κ1) is 18.3. The summed E-state index contributed by atoms with van der Waals surface area (Å²) in [6.45, 7) is 0. The van der Waals surface area contributed by atoms with Gasteiger partial charge in [-0.15, -0.1) is 23.2 Å². The number of cyclic esters (lactones) is 1. The number of carbonyl (C=O) groups is 1. The lowest BCUT2D eigenvalue weighted by Crippen LogP contribution is -2.71. The zero-order chi connectivity index (χ0) is 19.0. The molecule has 0 aromatic rings. The number of rotatable bonds is 0. The lowest BCUT2D eigenvalue weighted by Gasteiger charge is -2.58. The molecule has 2 heterocycles. The zero-order valence-electron chi connectivity index (χ0n) is 11.3. The van der Waals surface area contributed by atoms with E-state index in [9.17, 15) is 31.1 Å². The Hall–Kier alpha value is -0.0900. The molecule has 5 rings (SSSR count). The van der Waals surface area contributed by atoms with Crippen LogP contribution >= 0.6 is 46.4 Å². The van der Waals surface area contributed by atoms with Crippen LogP contribution in [0.15, 0.2) is 10.1 Å². The summed E-state index contributed by atoms with van der Waals surface area (Å²) in [5.41, 5.74) is 0. The molecule has 0 spiro atoms. The molecule has 0 N–H and O–H groups in total. The van der Waals surface area contributed by atoms with Gasteiger partial charge in [0.25, 0.3) is 0 Å². The van der Waals surface area contributed by atoms with Gasteiger partial charge in [-0.1, -0.05) is 23.2 Å². The molecular weight excluding hydrogens is 448 g/mol. The highest BCUT2D eigenvalue weighted by Gasteiger charge is 2.91. The summed E-state index contributed by atoms with van der Waals surface area (Å²) < 4.78 is 92.7. The largest absolute Gasteiger partial charge is 0.405 e. The first-order chi connectivity index (χ1) is 11.1. The zero-order valence-corrected chi connectivity index (χ0v) is 14.3. The van der Waals surface area contributed by atoms with Gasteiger partial charge in [-0.3, -0.25) is 9.53 Å². The van der Waals surface area contributed by atoms with E-state index in [2.05, 4.69) is 9.47 Å². The Morgan fingerprint density at radius 1 is 0.760 bits per heavy atom. The van der Waals surface area contributed by atoms with Crippen molar-refractivity contribution in [3.63, 3.8) is 0 Å². The Morgan fingerprint density at radius 2 is 1.20 bits per heavy atom. The van der Waals surface area contributed by atoms with Crippen LogP contribution in [0.4, 0.5) is 26.3 Å². The number of esters is 1. The summed E-state index contributed by atoms with van der Waals surface area (Å²) in [6, 6.07) is 0. The van der Waals surface area contributed by atoms with Crippen molar-refractivity contribution < 1.29 is 40.6 Å². The van der Waals surface area contributed by atoms with E-state index in [1.54, 1.807) is 0 Å². The van der Waals surface area contributed by atoms with Gasteiger partial charge in [0.05, 0.1) is 27.8 Å². The fourth-order valence-electron chi connectivity index (χ4n) is 4.43. The molecule has 0 amide bonds. The highest BCUT2D eigenvalue weighted by atomic mass is 35.5. The van der Waals surface area contributed by atoms with Crippen LogP contribution in [-0.2, 0) is 14.3 Å². The second-order valence-corrected chi connectivity index (χ2v) is 8.29. The van der Waals surface area contributed by atoms with Crippen LogP contribution in [0.2, 0.25) is 0 Å². The normalized spacial score (nSPS) is 51.4. The quantitative estimate of drug-likeness (QED) is 0.309. The molecule has 3 aliphatic carbocycles. The lowest BCUT2D eigenvalue weighted by atomic mass is 9.52. The summed E-state index contributed by atoms with van der Waals surface area (Å²) >= 11 is 23.8. The summed E-state index contributed by atoms with van der Waals surface area (Å²) in [6.07, 6.45) is -13.7. The summed E-state index contributed by atoms with van der Waals surface area (Å²) in [5, 5.41) is -1.85. The fourth-order valence-corrected chi connectivity index (χ4v) is 6.48. The van der Waals surface area contributed by atoms with Crippen molar-refractivity contribution in [3.8, 4) is 0 Å². The number of allylic oxidation sites excluding steroid dienone is 2. The molecule has 25 heavy (non-hydrogen) atoms. The topological polar surface area (TPSA) is 35.5 Å². The third-order valence-corrected chi connectivity index (χ3v) is 7.80. The van der Waals surface area contributed by atoms with Crippen molar-refractivity contribution in [1.82, 2.24) is 0 Å². The van der Waals surface area contributed by atoms with Crippen LogP contribution in [0.5, 0.6) is 0 Å². The summed E-state index contributed by atoms with van der Waals surface area (Å²) in [4.78, 5) is 5.98. The molecule has 5 aliphatic rings. The predicted octanol–water partition coefficient (Wildman–Crippen LogP) is 4.49. The molecular formula is C12H4Cl4F6O3. The van der Waals surface area contributed by atoms with Gasteiger partial charge in [0.2, 0.25) is 0 Å². The third kappa shape index (κ3) is 1.75. The van der Waals surface area contributed by atoms with Gasteiger partial charge >= 0.3 is 24.3 Å². The van der Waals surface area contributed by atoms with E-state index < -0.39 is 67.8 Å². The Balaban J connectivity index is 2.10. The maximum atomic E-state index is 14.2. The van der Waals surface area contributed by atoms with Gasteiger partial charge in [0.1, 0.15) is 15.7 Å². The van der Waals surface area contributed by atoms with Gasteiger partial charge in [0.15, 0.2) is 0 Å². The molecule has 3 fully saturated rings. The smallest absolute Gasteiger partial charge is 0.400 e. The maximum absolute atomic E-state index is 14.2. The van der Waals surface area contributed by atoms with E-state index in [1.807, 2.05) is 0 Å². The summed E-state index contributed by atoms with van der Waals surface area (Å²) in [7, 11) is 0. The van der Waals surface area contributed by atoms with Crippen LogP contribution in [0.25, 0.3) is 0 Å². The number of carbonyl (C=O) groups excluding carboxylic acids is 1. The number of halogens is 10. The number of ether oxygens (including phenoxy) is 2. The van der Waals surface area contributed by atoms with E-state index in [1.165, 1.54) is 0 Å². The molecule has 2 saturated heterocycles. The molecule has 2 aliphatic heterocycles. The Kier molecular flexibility index (Phi) is 3.28. The minimum absolute atomic E-state index is 0.885. The highest BCUT2D eigenvalue weighted by Crippen LogP contribution is 2.78. The van der Waals surface area contributed by atoms with Crippen molar-refractivity contribution in [2.75, 3.05) is 0 Å². The lowest BCUT2D eigenvalue weighted by molar-refractivity contribution is -0.342. The standard InChI is InChI=1S/C12H4Cl4F6O3/c13-5-6(14)9(16)2-1(7(23)24-10(2,17)18)8(5,15)3-4(9)12(21,22)25-11(3,19)20/h1-4H. The van der Waals surface area contributed by atoms with Gasteiger partial charge in [-0.2, -0.15) is 26.3 Å². The van der Waals surface area contributed by atoms with Crippen molar-refractivity contribution in [2.45, 2.75) is 28.1 Å². The predicted molar refractivity (Wildman–Crippen MR) is 71.9 cm³/mol. The maximum Gasteiger partial charge on any atom is 0.405 e. The molecule has 140 valence electrons. The molecule has 6 atom stereocenters. The summed E-state index contributed by atoms with van der Waals surface area (Å²) in [5.74, 6) is -11.9. The van der Waals surface area contributed by atoms with E-state index in [-0.39, 0.29) is 0 Å². The van der Waals surface area contributed by atoms with E-state index in [0.29, 0.717) is 0 Å². The van der Waals surface area contributed by atoms with Crippen molar-refractivity contribution in [1.29, 1.82) is 0 Å². The van der Waals surface area contributed by atoms with Gasteiger partial charge < -0.3 is 4.74 Å². The average Bonchev–Trinajstić information content (AvgIpc) is 2.79. The average molecular weight is 452 g/mol. The Bertz CT molecular complexity index is 744. The Morgan fingerprint density at radius 3 is 1.72 bits per heavy atom. The molecule has 1 saturated carbocycles. The first-order valence-electron chi connectivity index (χ1n) is 6.64. The van der Waals surface area contributed by atoms with Crippen molar-refractivity contribution >= 4 is 52.4 Å².